The van der Waals surface area contributed by atoms with E-state index in [2.05, 4.69) is 5.32 Å². The lowest BCUT2D eigenvalue weighted by Gasteiger charge is -2.28. The summed E-state index contributed by atoms with van der Waals surface area (Å²) in [6.07, 6.45) is 1.63. The topological polar surface area (TPSA) is 79.6 Å². The van der Waals surface area contributed by atoms with E-state index >= 15 is 0 Å². The Balaban J connectivity index is 1.51. The first kappa shape index (κ1) is 23.4. The van der Waals surface area contributed by atoms with Crippen molar-refractivity contribution in [2.45, 2.75) is 53.0 Å². The van der Waals surface area contributed by atoms with E-state index in [1.807, 2.05) is 79.9 Å². The van der Waals surface area contributed by atoms with E-state index < -0.39 is 6.04 Å². The number of nitrogens with one attached hydrogen (secondary N) is 1. The van der Waals surface area contributed by atoms with Crippen LogP contribution in [0.1, 0.15) is 43.6 Å². The molecule has 0 bridgehead atoms. The second kappa shape index (κ2) is 10.0. The second-order valence-electron chi connectivity index (χ2n) is 8.63. The third-order valence-corrected chi connectivity index (χ3v) is 6.28. The molecular formula is C27H31N5O2. The number of aromatic nitrogens is 3. The minimum atomic E-state index is -0.563. The van der Waals surface area contributed by atoms with Gasteiger partial charge in [-0.3, -0.25) is 9.59 Å². The highest BCUT2D eigenvalue weighted by Gasteiger charge is 2.25. The van der Waals surface area contributed by atoms with Crippen molar-refractivity contribution in [2.75, 3.05) is 11.9 Å². The molecule has 0 aliphatic heterocycles. The number of fused-ring (bicyclic) bond motifs is 3. The molecule has 7 heteroatoms. The minimum Gasteiger partial charge on any atom is -0.331 e. The molecule has 2 aromatic carbocycles. The molecule has 1 atom stereocenters. The van der Waals surface area contributed by atoms with Gasteiger partial charge in [0.1, 0.15) is 6.04 Å². The van der Waals surface area contributed by atoms with Crippen LogP contribution in [0.5, 0.6) is 0 Å². The average Bonchev–Trinajstić information content (AvgIpc) is 3.21. The number of amides is 2. The molecule has 0 saturated carbocycles. The molecule has 4 rings (SSSR count). The van der Waals surface area contributed by atoms with Crippen molar-refractivity contribution in [3.8, 4) is 0 Å². The zero-order chi connectivity index (χ0) is 24.2. The van der Waals surface area contributed by atoms with Gasteiger partial charge in [0.25, 0.3) is 0 Å². The summed E-state index contributed by atoms with van der Waals surface area (Å²) in [5.74, 6) is -0.228. The third kappa shape index (κ3) is 4.64. The third-order valence-electron chi connectivity index (χ3n) is 6.28. The van der Waals surface area contributed by atoms with Gasteiger partial charge in [-0.2, -0.15) is 5.10 Å². The molecule has 0 spiro atoms. The van der Waals surface area contributed by atoms with E-state index in [1.54, 1.807) is 11.8 Å². The smallest absolute Gasteiger partial charge is 0.246 e. The van der Waals surface area contributed by atoms with E-state index in [1.165, 1.54) is 0 Å². The number of carbonyl (C=O) groups is 2. The zero-order valence-electron chi connectivity index (χ0n) is 20.2. The van der Waals surface area contributed by atoms with Crippen LogP contribution in [0, 0.1) is 13.8 Å². The van der Waals surface area contributed by atoms with Gasteiger partial charge in [0, 0.05) is 35.4 Å². The normalized spacial score (nSPS) is 12.1. The van der Waals surface area contributed by atoms with Crippen molar-refractivity contribution in [1.29, 1.82) is 0 Å². The zero-order valence-corrected chi connectivity index (χ0v) is 20.2. The Labute approximate surface area is 199 Å². The summed E-state index contributed by atoms with van der Waals surface area (Å²) in [6.45, 7) is 8.32. The molecule has 0 aliphatic carbocycles. The number of carbonyl (C=O) groups excluding carboxylic acids is 2. The van der Waals surface area contributed by atoms with Crippen LogP contribution in [0.15, 0.2) is 54.6 Å². The van der Waals surface area contributed by atoms with E-state index in [0.29, 0.717) is 19.4 Å². The lowest BCUT2D eigenvalue weighted by Crippen LogP contribution is -2.46. The van der Waals surface area contributed by atoms with Crippen LogP contribution in [0.4, 0.5) is 5.69 Å². The Morgan fingerprint density at radius 1 is 1.06 bits per heavy atom. The minimum absolute atomic E-state index is 0.0397. The van der Waals surface area contributed by atoms with Crippen LogP contribution in [-0.2, 0) is 16.0 Å². The monoisotopic (exact) mass is 457 g/mol. The number of aryl methyl sites for hydroxylation is 2. The maximum Gasteiger partial charge on any atom is 0.246 e. The van der Waals surface area contributed by atoms with Crippen LogP contribution in [-0.4, -0.2) is 43.9 Å². The Bertz CT molecular complexity index is 1330. The quantitative estimate of drug-likeness (QED) is 0.416. The number of benzene rings is 2. The largest absolute Gasteiger partial charge is 0.331 e. The maximum absolute atomic E-state index is 13.2. The summed E-state index contributed by atoms with van der Waals surface area (Å²) in [7, 11) is 0. The Morgan fingerprint density at radius 3 is 2.50 bits per heavy atom. The SMILES string of the molecule is CCCN(C(=O)CCc1c(C)nc2c3ccccc3nn2c1C)C(C)C(=O)Nc1ccccc1. The number of para-hydroxylation sites is 1. The summed E-state index contributed by atoms with van der Waals surface area (Å²) >= 11 is 0. The van der Waals surface area contributed by atoms with Gasteiger partial charge in [-0.25, -0.2) is 9.50 Å². The Kier molecular flexibility index (Phi) is 6.91. The highest BCUT2D eigenvalue weighted by Crippen LogP contribution is 2.23. The Hall–Kier alpha value is -3.74. The van der Waals surface area contributed by atoms with Crippen LogP contribution < -0.4 is 5.32 Å². The van der Waals surface area contributed by atoms with Crippen molar-refractivity contribution >= 4 is 34.1 Å². The highest BCUT2D eigenvalue weighted by atomic mass is 16.2. The molecule has 2 aromatic heterocycles. The van der Waals surface area contributed by atoms with Crippen LogP contribution in [0.3, 0.4) is 0 Å². The van der Waals surface area contributed by atoms with Crippen molar-refractivity contribution in [3.63, 3.8) is 0 Å². The molecule has 1 N–H and O–H groups in total. The van der Waals surface area contributed by atoms with E-state index in [4.69, 9.17) is 10.1 Å². The molecule has 0 aliphatic rings. The molecule has 4 aromatic rings. The average molecular weight is 458 g/mol. The predicted octanol–water partition coefficient (Wildman–Crippen LogP) is 4.70. The van der Waals surface area contributed by atoms with Gasteiger partial charge in [0.05, 0.1) is 5.52 Å². The predicted molar refractivity (Wildman–Crippen MR) is 135 cm³/mol. The number of hydrogen-bond donors (Lipinski definition) is 1. The van der Waals surface area contributed by atoms with Crippen molar-refractivity contribution in [2.24, 2.45) is 0 Å². The molecule has 34 heavy (non-hydrogen) atoms. The van der Waals surface area contributed by atoms with Crippen LogP contribution >= 0.6 is 0 Å². The van der Waals surface area contributed by atoms with Gasteiger partial charge in [0.15, 0.2) is 5.65 Å². The lowest BCUT2D eigenvalue weighted by atomic mass is 10.1. The standard InChI is InChI=1S/C27H31N5O2/c1-5-17-31(20(4)27(34)29-21-11-7-6-8-12-21)25(33)16-15-22-18(2)28-26-23-13-9-10-14-24(23)30-32(26)19(22)3/h6-14,20H,5,15-17H2,1-4H3,(H,29,34). The molecule has 2 heterocycles. The summed E-state index contributed by atoms with van der Waals surface area (Å²) in [6, 6.07) is 16.7. The number of nitrogens with zero attached hydrogens (tertiary/aromatic N) is 4. The fourth-order valence-electron chi connectivity index (χ4n) is 4.40. The van der Waals surface area contributed by atoms with Gasteiger partial charge >= 0.3 is 0 Å². The fourth-order valence-corrected chi connectivity index (χ4v) is 4.40. The highest BCUT2D eigenvalue weighted by molar-refractivity contribution is 5.97. The Morgan fingerprint density at radius 2 is 1.76 bits per heavy atom. The molecule has 7 nitrogen and oxygen atoms in total. The van der Waals surface area contributed by atoms with Gasteiger partial charge < -0.3 is 10.2 Å². The number of rotatable bonds is 8. The van der Waals surface area contributed by atoms with Crippen molar-refractivity contribution < 1.29 is 9.59 Å². The number of anilines is 1. The first-order valence-corrected chi connectivity index (χ1v) is 11.8. The molecule has 2 amide bonds. The van der Waals surface area contributed by atoms with Gasteiger partial charge in [-0.15, -0.1) is 0 Å². The van der Waals surface area contributed by atoms with E-state index in [9.17, 15) is 9.59 Å². The van der Waals surface area contributed by atoms with E-state index in [0.717, 1.165) is 45.6 Å². The van der Waals surface area contributed by atoms with Crippen molar-refractivity contribution in [3.05, 3.63) is 71.5 Å². The van der Waals surface area contributed by atoms with Crippen LogP contribution in [0.25, 0.3) is 16.6 Å². The molecule has 0 saturated heterocycles. The summed E-state index contributed by atoms with van der Waals surface area (Å²) in [5.41, 5.74) is 5.37. The van der Waals surface area contributed by atoms with Gasteiger partial charge in [0.2, 0.25) is 11.8 Å². The number of hydrogen-bond acceptors (Lipinski definition) is 4. The van der Waals surface area contributed by atoms with Gasteiger partial charge in [-0.05, 0) is 63.4 Å². The summed E-state index contributed by atoms with van der Waals surface area (Å²) < 4.78 is 1.87. The summed E-state index contributed by atoms with van der Waals surface area (Å²) in [5, 5.41) is 8.63. The maximum atomic E-state index is 13.2. The lowest BCUT2D eigenvalue weighted by molar-refractivity contribution is -0.138. The first-order chi connectivity index (χ1) is 16.4. The van der Waals surface area contributed by atoms with Crippen molar-refractivity contribution in [1.82, 2.24) is 19.5 Å². The summed E-state index contributed by atoms with van der Waals surface area (Å²) in [4.78, 5) is 32.5. The molecule has 0 radical (unpaired) electrons. The molecule has 0 fully saturated rings. The molecule has 176 valence electrons. The first-order valence-electron chi connectivity index (χ1n) is 11.8. The van der Waals surface area contributed by atoms with E-state index in [-0.39, 0.29) is 11.8 Å². The second-order valence-corrected chi connectivity index (χ2v) is 8.63. The molecule has 1 unspecified atom stereocenters. The molecular weight excluding hydrogens is 426 g/mol. The van der Waals surface area contributed by atoms with Gasteiger partial charge in [-0.1, -0.05) is 37.3 Å². The fraction of sp³-hybridized carbons (Fsp3) is 0.333. The van der Waals surface area contributed by atoms with Crippen LogP contribution in [0.2, 0.25) is 0 Å².